The van der Waals surface area contributed by atoms with E-state index in [1.54, 1.807) is 14.2 Å². The predicted molar refractivity (Wildman–Crippen MR) is 101 cm³/mol. The van der Waals surface area contributed by atoms with Crippen LogP contribution in [0.2, 0.25) is 0 Å². The summed E-state index contributed by atoms with van der Waals surface area (Å²) in [5.74, 6) is 1.70. The summed E-state index contributed by atoms with van der Waals surface area (Å²) in [5.41, 5.74) is 3.31. The van der Waals surface area contributed by atoms with Crippen molar-refractivity contribution in [1.82, 2.24) is 4.57 Å². The molecule has 1 aliphatic rings. The summed E-state index contributed by atoms with van der Waals surface area (Å²) in [5, 5.41) is 0. The summed E-state index contributed by atoms with van der Waals surface area (Å²) >= 11 is 0. The van der Waals surface area contributed by atoms with E-state index in [2.05, 4.69) is 46.1 Å². The molecule has 0 unspecified atom stereocenters. The smallest absolute Gasteiger partial charge is 0.158 e. The average molecular weight is 350 g/mol. The van der Waals surface area contributed by atoms with Crippen molar-refractivity contribution in [2.45, 2.75) is 6.23 Å². The van der Waals surface area contributed by atoms with Crippen LogP contribution in [0.4, 0.5) is 5.69 Å². The highest BCUT2D eigenvalue weighted by Crippen LogP contribution is 2.33. The SMILES string of the molecule is COc1ccc(N2CCO[C@H]2c2ccn(-c3cccc(OC)c3)c2)cc1. The topological polar surface area (TPSA) is 35.9 Å². The van der Waals surface area contributed by atoms with Crippen LogP contribution in [0.1, 0.15) is 11.8 Å². The zero-order valence-electron chi connectivity index (χ0n) is 15.0. The molecular formula is C21H22N2O3. The minimum absolute atomic E-state index is 0.0877. The monoisotopic (exact) mass is 350 g/mol. The van der Waals surface area contributed by atoms with Gasteiger partial charge in [-0.05, 0) is 42.5 Å². The fourth-order valence-corrected chi connectivity index (χ4v) is 3.28. The summed E-state index contributed by atoms with van der Waals surface area (Å²) in [4.78, 5) is 2.27. The van der Waals surface area contributed by atoms with Crippen molar-refractivity contribution in [3.63, 3.8) is 0 Å². The highest BCUT2D eigenvalue weighted by molar-refractivity contribution is 5.51. The molecule has 2 aromatic carbocycles. The molecule has 134 valence electrons. The first-order valence-electron chi connectivity index (χ1n) is 8.63. The van der Waals surface area contributed by atoms with E-state index in [1.165, 1.54) is 0 Å². The molecule has 1 aromatic heterocycles. The van der Waals surface area contributed by atoms with Gasteiger partial charge in [0.2, 0.25) is 0 Å². The number of rotatable bonds is 5. The number of benzene rings is 2. The molecule has 1 saturated heterocycles. The summed E-state index contributed by atoms with van der Waals surface area (Å²) in [6.45, 7) is 1.57. The zero-order chi connectivity index (χ0) is 17.9. The van der Waals surface area contributed by atoms with Crippen molar-refractivity contribution in [3.05, 3.63) is 72.6 Å². The Morgan fingerprint density at radius 2 is 1.73 bits per heavy atom. The first-order valence-corrected chi connectivity index (χ1v) is 8.63. The van der Waals surface area contributed by atoms with Gasteiger partial charge in [0.25, 0.3) is 0 Å². The molecule has 4 rings (SSSR count). The summed E-state index contributed by atoms with van der Waals surface area (Å²) in [6, 6.07) is 18.2. The molecule has 0 spiro atoms. The van der Waals surface area contributed by atoms with Crippen LogP contribution in [0.25, 0.3) is 5.69 Å². The molecule has 5 nitrogen and oxygen atoms in total. The molecular weight excluding hydrogens is 328 g/mol. The van der Waals surface area contributed by atoms with Gasteiger partial charge in [0.1, 0.15) is 11.5 Å². The van der Waals surface area contributed by atoms with Crippen LogP contribution in [0.3, 0.4) is 0 Å². The average Bonchev–Trinajstić information content (AvgIpc) is 3.37. The lowest BCUT2D eigenvalue weighted by Gasteiger charge is -2.24. The molecule has 1 fully saturated rings. The minimum atomic E-state index is -0.0877. The molecule has 0 radical (unpaired) electrons. The van der Waals surface area contributed by atoms with Gasteiger partial charge in [-0.15, -0.1) is 0 Å². The second-order valence-corrected chi connectivity index (χ2v) is 6.17. The van der Waals surface area contributed by atoms with E-state index in [0.717, 1.165) is 35.0 Å². The summed E-state index contributed by atoms with van der Waals surface area (Å²) < 4.78 is 18.7. The Balaban J connectivity index is 1.59. The highest BCUT2D eigenvalue weighted by Gasteiger charge is 2.28. The van der Waals surface area contributed by atoms with Crippen molar-refractivity contribution in [2.24, 2.45) is 0 Å². The molecule has 1 atom stereocenters. The number of methoxy groups -OCH3 is 2. The van der Waals surface area contributed by atoms with Crippen LogP contribution >= 0.6 is 0 Å². The van der Waals surface area contributed by atoms with Crippen LogP contribution in [0, 0.1) is 0 Å². The number of ether oxygens (including phenoxy) is 3. The maximum Gasteiger partial charge on any atom is 0.158 e. The second-order valence-electron chi connectivity index (χ2n) is 6.17. The minimum Gasteiger partial charge on any atom is -0.497 e. The quantitative estimate of drug-likeness (QED) is 0.696. The molecule has 0 amide bonds. The lowest BCUT2D eigenvalue weighted by atomic mass is 10.2. The van der Waals surface area contributed by atoms with Crippen molar-refractivity contribution in [2.75, 3.05) is 32.3 Å². The van der Waals surface area contributed by atoms with E-state index in [9.17, 15) is 0 Å². The second kappa shape index (κ2) is 7.14. The fraction of sp³-hybridized carbons (Fsp3) is 0.238. The molecule has 2 heterocycles. The molecule has 26 heavy (non-hydrogen) atoms. The standard InChI is InChI=1S/C21H22N2O3/c1-24-19-8-6-17(7-9-19)23-12-13-26-21(23)16-10-11-22(15-16)18-4-3-5-20(14-18)25-2/h3-11,14-15,21H,12-13H2,1-2H3/t21-/m0/s1. The normalized spacial score (nSPS) is 16.7. The van der Waals surface area contributed by atoms with Crippen molar-refractivity contribution in [1.29, 1.82) is 0 Å². The Labute approximate surface area is 153 Å². The van der Waals surface area contributed by atoms with E-state index < -0.39 is 0 Å². The molecule has 0 aliphatic carbocycles. The predicted octanol–water partition coefficient (Wildman–Crippen LogP) is 4.03. The Hall–Kier alpha value is -2.92. The third-order valence-corrected chi connectivity index (χ3v) is 4.65. The Morgan fingerprint density at radius 1 is 0.923 bits per heavy atom. The number of aromatic nitrogens is 1. The van der Waals surface area contributed by atoms with Crippen LogP contribution in [0.15, 0.2) is 67.0 Å². The van der Waals surface area contributed by atoms with Crippen LogP contribution in [-0.2, 0) is 4.74 Å². The van der Waals surface area contributed by atoms with Gasteiger partial charge >= 0.3 is 0 Å². The van der Waals surface area contributed by atoms with Gasteiger partial charge in [0, 0.05) is 41.9 Å². The van der Waals surface area contributed by atoms with Gasteiger partial charge in [0.15, 0.2) is 6.23 Å². The molecule has 0 saturated carbocycles. The van der Waals surface area contributed by atoms with Gasteiger partial charge < -0.3 is 23.7 Å². The third kappa shape index (κ3) is 3.13. The van der Waals surface area contributed by atoms with Gasteiger partial charge in [-0.1, -0.05) is 6.07 Å². The Bertz CT molecular complexity index is 873. The van der Waals surface area contributed by atoms with Gasteiger partial charge in [-0.25, -0.2) is 0 Å². The van der Waals surface area contributed by atoms with Crippen molar-refractivity contribution >= 4 is 5.69 Å². The largest absolute Gasteiger partial charge is 0.497 e. The van der Waals surface area contributed by atoms with Gasteiger partial charge in [-0.3, -0.25) is 0 Å². The van der Waals surface area contributed by atoms with E-state index in [1.807, 2.05) is 30.3 Å². The van der Waals surface area contributed by atoms with Gasteiger partial charge in [-0.2, -0.15) is 0 Å². The summed E-state index contributed by atoms with van der Waals surface area (Å²) in [6.07, 6.45) is 4.08. The fourth-order valence-electron chi connectivity index (χ4n) is 3.28. The van der Waals surface area contributed by atoms with E-state index in [4.69, 9.17) is 14.2 Å². The number of anilines is 1. The van der Waals surface area contributed by atoms with E-state index in [-0.39, 0.29) is 6.23 Å². The van der Waals surface area contributed by atoms with Gasteiger partial charge in [0.05, 0.1) is 20.8 Å². The lowest BCUT2D eigenvalue weighted by Crippen LogP contribution is -2.22. The maximum atomic E-state index is 6.01. The highest BCUT2D eigenvalue weighted by atomic mass is 16.5. The molecule has 0 N–H and O–H groups in total. The van der Waals surface area contributed by atoms with Crippen LogP contribution in [0.5, 0.6) is 11.5 Å². The van der Waals surface area contributed by atoms with Crippen molar-refractivity contribution < 1.29 is 14.2 Å². The lowest BCUT2D eigenvalue weighted by molar-refractivity contribution is 0.114. The first kappa shape index (κ1) is 16.5. The summed E-state index contributed by atoms with van der Waals surface area (Å²) in [7, 11) is 3.36. The number of hydrogen-bond acceptors (Lipinski definition) is 4. The van der Waals surface area contributed by atoms with E-state index in [0.29, 0.717) is 6.61 Å². The Morgan fingerprint density at radius 3 is 2.50 bits per heavy atom. The molecule has 1 aliphatic heterocycles. The molecule has 0 bridgehead atoms. The molecule has 3 aromatic rings. The molecule has 5 heteroatoms. The van der Waals surface area contributed by atoms with Crippen LogP contribution < -0.4 is 14.4 Å². The maximum absolute atomic E-state index is 6.01. The van der Waals surface area contributed by atoms with Crippen LogP contribution in [-0.4, -0.2) is 31.9 Å². The number of hydrogen-bond donors (Lipinski definition) is 0. The Kier molecular flexibility index (Phi) is 4.54. The third-order valence-electron chi connectivity index (χ3n) is 4.65. The zero-order valence-corrected chi connectivity index (χ0v) is 15.0. The first-order chi connectivity index (χ1) is 12.8. The number of nitrogens with zero attached hydrogens (tertiary/aromatic N) is 2. The van der Waals surface area contributed by atoms with E-state index >= 15 is 0 Å². The van der Waals surface area contributed by atoms with Crippen molar-refractivity contribution in [3.8, 4) is 17.2 Å².